The fourth-order valence-electron chi connectivity index (χ4n) is 3.65. The fraction of sp³-hybridized carbons (Fsp3) is 0.429. The number of benzene rings is 1. The third-order valence-corrected chi connectivity index (χ3v) is 6.23. The Kier molecular flexibility index (Phi) is 6.21. The summed E-state index contributed by atoms with van der Waals surface area (Å²) in [4.78, 5) is 8.91. The van der Waals surface area contributed by atoms with Crippen LogP contribution in [0.25, 0.3) is 16.8 Å². The molecule has 0 unspecified atom stereocenters. The van der Waals surface area contributed by atoms with E-state index >= 15 is 0 Å². The monoisotopic (exact) mass is 430 g/mol. The van der Waals surface area contributed by atoms with Gasteiger partial charge in [-0.3, -0.25) is 10.3 Å². The van der Waals surface area contributed by atoms with Crippen molar-refractivity contribution in [3.8, 4) is 22.8 Å². The number of aromatic nitrogens is 1. The van der Waals surface area contributed by atoms with Gasteiger partial charge in [0.15, 0.2) is 11.5 Å². The van der Waals surface area contributed by atoms with E-state index in [1.165, 1.54) is 11.3 Å². The molecule has 2 aliphatic heterocycles. The molecule has 9 heteroatoms. The Morgan fingerprint density at radius 1 is 1.17 bits per heavy atom. The molecule has 2 aliphatic rings. The van der Waals surface area contributed by atoms with Crippen LogP contribution < -0.4 is 9.47 Å². The average molecular weight is 431 g/mol. The highest BCUT2D eigenvalue weighted by Crippen LogP contribution is 2.35. The summed E-state index contributed by atoms with van der Waals surface area (Å²) in [5.74, 6) is 1.82. The Morgan fingerprint density at radius 3 is 2.67 bits per heavy atom. The molecule has 160 valence electrons. The van der Waals surface area contributed by atoms with Crippen molar-refractivity contribution < 1.29 is 19.3 Å². The molecule has 0 spiro atoms. The highest BCUT2D eigenvalue weighted by atomic mass is 32.1. The van der Waals surface area contributed by atoms with E-state index in [4.69, 9.17) is 19.6 Å². The van der Waals surface area contributed by atoms with Crippen LogP contribution in [-0.4, -0.2) is 85.9 Å². The second-order valence-electron chi connectivity index (χ2n) is 7.15. The molecule has 30 heavy (non-hydrogen) atoms. The average Bonchev–Trinajstić information content (AvgIpc) is 3.36. The van der Waals surface area contributed by atoms with Gasteiger partial charge in [-0.2, -0.15) is 0 Å². The zero-order chi connectivity index (χ0) is 21.1. The first kappa shape index (κ1) is 20.6. The van der Waals surface area contributed by atoms with E-state index in [9.17, 15) is 5.11 Å². The predicted molar refractivity (Wildman–Crippen MR) is 117 cm³/mol. The number of hydrogen-bond acceptors (Lipinski definition) is 8. The van der Waals surface area contributed by atoms with Gasteiger partial charge in [0.1, 0.15) is 16.6 Å². The van der Waals surface area contributed by atoms with Crippen LogP contribution in [0.5, 0.6) is 11.5 Å². The number of rotatable bonds is 7. The first-order chi connectivity index (χ1) is 14.6. The quantitative estimate of drug-likeness (QED) is 0.698. The lowest BCUT2D eigenvalue weighted by Gasteiger charge is -2.29. The summed E-state index contributed by atoms with van der Waals surface area (Å²) in [5.41, 5.74) is 2.19. The predicted octanol–water partition coefficient (Wildman–Crippen LogP) is 2.72. The van der Waals surface area contributed by atoms with Crippen molar-refractivity contribution in [2.75, 3.05) is 60.2 Å². The minimum atomic E-state index is 0.204. The van der Waals surface area contributed by atoms with E-state index in [0.717, 1.165) is 44.1 Å². The van der Waals surface area contributed by atoms with Gasteiger partial charge < -0.3 is 24.2 Å². The van der Waals surface area contributed by atoms with E-state index in [-0.39, 0.29) is 5.76 Å². The van der Waals surface area contributed by atoms with Crippen LogP contribution >= 0.6 is 11.3 Å². The molecule has 2 aromatic rings. The van der Waals surface area contributed by atoms with Gasteiger partial charge >= 0.3 is 0 Å². The van der Waals surface area contributed by atoms with E-state index in [0.29, 0.717) is 41.0 Å². The Hall–Kier alpha value is -2.62. The second kappa shape index (κ2) is 9.03. The fourth-order valence-corrected chi connectivity index (χ4v) is 4.55. The van der Waals surface area contributed by atoms with Crippen molar-refractivity contribution in [2.24, 2.45) is 0 Å². The highest BCUT2D eigenvalue weighted by molar-refractivity contribution is 7.11. The number of aliphatic hydroxyl groups is 1. The maximum absolute atomic E-state index is 10.5. The summed E-state index contributed by atoms with van der Waals surface area (Å²) < 4.78 is 16.1. The Morgan fingerprint density at radius 2 is 1.93 bits per heavy atom. The summed E-state index contributed by atoms with van der Waals surface area (Å²) in [6, 6.07) is 5.64. The summed E-state index contributed by atoms with van der Waals surface area (Å²) >= 11 is 1.43. The van der Waals surface area contributed by atoms with E-state index in [1.54, 1.807) is 14.2 Å². The lowest BCUT2D eigenvalue weighted by atomic mass is 10.1. The maximum atomic E-state index is 10.5. The topological polar surface area (TPSA) is 91.1 Å². The van der Waals surface area contributed by atoms with Crippen molar-refractivity contribution in [1.82, 2.24) is 14.8 Å². The zero-order valence-corrected chi connectivity index (χ0v) is 18.0. The van der Waals surface area contributed by atoms with Gasteiger partial charge in [0.25, 0.3) is 0 Å². The summed E-state index contributed by atoms with van der Waals surface area (Å²) in [6.45, 7) is 5.23. The van der Waals surface area contributed by atoms with Crippen molar-refractivity contribution in [1.29, 1.82) is 5.41 Å². The van der Waals surface area contributed by atoms with Gasteiger partial charge in [-0.05, 0) is 18.2 Å². The minimum Gasteiger partial charge on any atom is -0.510 e. The van der Waals surface area contributed by atoms with Gasteiger partial charge in [-0.25, -0.2) is 4.98 Å². The van der Waals surface area contributed by atoms with E-state index < -0.39 is 0 Å². The molecule has 0 amide bonds. The highest BCUT2D eigenvalue weighted by Gasteiger charge is 2.30. The van der Waals surface area contributed by atoms with Crippen LogP contribution in [0.3, 0.4) is 0 Å². The SMILES string of the molecule is COc1ccc(-c2csc(C3=C(O)CN(CCN4CCOCC4)C3=N)n2)cc1OC. The van der Waals surface area contributed by atoms with Crippen LogP contribution in [0.2, 0.25) is 0 Å². The van der Waals surface area contributed by atoms with Crippen LogP contribution in [0.4, 0.5) is 0 Å². The molecule has 0 atom stereocenters. The molecule has 0 saturated carbocycles. The van der Waals surface area contributed by atoms with Crippen molar-refractivity contribution >= 4 is 22.7 Å². The van der Waals surface area contributed by atoms with Gasteiger partial charge in [-0.1, -0.05) is 0 Å². The smallest absolute Gasteiger partial charge is 0.161 e. The lowest BCUT2D eigenvalue weighted by Crippen LogP contribution is -2.42. The minimum absolute atomic E-state index is 0.204. The maximum Gasteiger partial charge on any atom is 0.161 e. The van der Waals surface area contributed by atoms with Gasteiger partial charge in [-0.15, -0.1) is 11.3 Å². The number of morpholine rings is 1. The summed E-state index contributed by atoms with van der Waals surface area (Å²) in [5, 5.41) is 21.7. The normalized spacial score (nSPS) is 17.7. The van der Waals surface area contributed by atoms with Gasteiger partial charge in [0.05, 0.1) is 45.2 Å². The van der Waals surface area contributed by atoms with Crippen LogP contribution in [0, 0.1) is 5.41 Å². The first-order valence-corrected chi connectivity index (χ1v) is 10.7. The molecule has 0 bridgehead atoms. The third kappa shape index (κ3) is 4.14. The molecular formula is C21H26N4O4S. The molecular weight excluding hydrogens is 404 g/mol. The van der Waals surface area contributed by atoms with Crippen molar-refractivity contribution in [3.63, 3.8) is 0 Å². The second-order valence-corrected chi connectivity index (χ2v) is 8.01. The third-order valence-electron chi connectivity index (χ3n) is 5.37. The van der Waals surface area contributed by atoms with E-state index in [1.807, 2.05) is 28.5 Å². The number of aliphatic hydroxyl groups excluding tert-OH is 1. The number of amidine groups is 1. The molecule has 8 nitrogen and oxygen atoms in total. The van der Waals surface area contributed by atoms with E-state index in [2.05, 4.69) is 9.88 Å². The molecule has 3 heterocycles. The number of methoxy groups -OCH3 is 2. The zero-order valence-electron chi connectivity index (χ0n) is 17.2. The van der Waals surface area contributed by atoms with Crippen LogP contribution in [-0.2, 0) is 4.74 Å². The summed E-state index contributed by atoms with van der Waals surface area (Å²) in [7, 11) is 3.20. The number of thiazole rings is 1. The largest absolute Gasteiger partial charge is 0.510 e. The lowest BCUT2D eigenvalue weighted by molar-refractivity contribution is 0.0361. The van der Waals surface area contributed by atoms with Crippen molar-refractivity contribution in [2.45, 2.75) is 0 Å². The molecule has 1 aromatic heterocycles. The number of nitrogens with zero attached hydrogens (tertiary/aromatic N) is 3. The molecule has 1 saturated heterocycles. The number of ether oxygens (including phenoxy) is 3. The first-order valence-electron chi connectivity index (χ1n) is 9.85. The molecule has 4 rings (SSSR count). The molecule has 2 N–H and O–H groups in total. The van der Waals surface area contributed by atoms with Gasteiger partial charge in [0.2, 0.25) is 0 Å². The standard InChI is InChI=1S/C21H26N4O4S/c1-27-17-4-3-14(11-18(17)28-2)15-13-30-21(23-15)19-16(26)12-25(20(19)22)6-5-24-7-9-29-10-8-24/h3-4,11,13,22,26H,5-10,12H2,1-2H3. The number of nitrogens with one attached hydrogen (secondary N) is 1. The Bertz CT molecular complexity index is 952. The molecule has 0 radical (unpaired) electrons. The van der Waals surface area contributed by atoms with Crippen molar-refractivity contribution in [3.05, 3.63) is 34.3 Å². The molecule has 1 aromatic carbocycles. The van der Waals surface area contributed by atoms with Crippen LogP contribution in [0.1, 0.15) is 5.01 Å². The van der Waals surface area contributed by atoms with Gasteiger partial charge in [0, 0.05) is 37.1 Å². The Labute approximate surface area is 179 Å². The summed E-state index contributed by atoms with van der Waals surface area (Å²) in [6.07, 6.45) is 0. The number of hydrogen-bond donors (Lipinski definition) is 2. The Balaban J connectivity index is 1.47. The van der Waals surface area contributed by atoms with Crippen LogP contribution in [0.15, 0.2) is 29.3 Å². The molecule has 1 fully saturated rings. The molecule has 0 aliphatic carbocycles.